The molecule has 0 bridgehead atoms. The molecule has 0 aliphatic rings. The topological polar surface area (TPSA) is 68.0 Å². The number of aromatic nitrogens is 5. The first-order chi connectivity index (χ1) is 10.1. The van der Waals surface area contributed by atoms with Crippen LogP contribution in [-0.2, 0) is 6.54 Å². The van der Waals surface area contributed by atoms with Crippen molar-refractivity contribution in [2.75, 3.05) is 5.32 Å². The van der Waals surface area contributed by atoms with E-state index in [1.807, 2.05) is 12.1 Å². The van der Waals surface area contributed by atoms with Crippen molar-refractivity contribution in [3.05, 3.63) is 46.6 Å². The molecular weight excluding hydrogens is 352 g/mol. The number of hydrogen-bond acceptors (Lipinski definition) is 6. The summed E-state index contributed by atoms with van der Waals surface area (Å²) in [6.07, 6.45) is 5.22. The van der Waals surface area contributed by atoms with Crippen LogP contribution in [0.1, 0.15) is 18.3 Å². The molecule has 0 fully saturated rings. The molecule has 3 rings (SSSR count). The molecule has 8 heteroatoms. The van der Waals surface area contributed by atoms with Crippen LogP contribution in [0.3, 0.4) is 0 Å². The number of fused-ring (bicyclic) bond motifs is 1. The highest BCUT2D eigenvalue weighted by atomic mass is 79.9. The summed E-state index contributed by atoms with van der Waals surface area (Å²) in [5.41, 5.74) is 1.73. The number of thiocarbonyl (C=S) groups is 1. The van der Waals surface area contributed by atoms with E-state index in [9.17, 15) is 0 Å². The van der Waals surface area contributed by atoms with Crippen molar-refractivity contribution in [3.8, 4) is 0 Å². The van der Waals surface area contributed by atoms with Crippen LogP contribution in [0, 0.1) is 0 Å². The zero-order chi connectivity index (χ0) is 14.8. The predicted octanol–water partition coefficient (Wildman–Crippen LogP) is 2.63. The van der Waals surface area contributed by atoms with Gasteiger partial charge in [0.1, 0.15) is 0 Å². The summed E-state index contributed by atoms with van der Waals surface area (Å²) in [7, 11) is 0. The largest absolute Gasteiger partial charge is 0.350 e. The Morgan fingerprint density at radius 2 is 2.24 bits per heavy atom. The fraction of sp³-hybridized carbons (Fsp3) is 0.154. The zero-order valence-electron chi connectivity index (χ0n) is 11.1. The molecule has 0 saturated carbocycles. The van der Waals surface area contributed by atoms with E-state index >= 15 is 0 Å². The van der Waals surface area contributed by atoms with Gasteiger partial charge in [-0.15, -0.1) is 0 Å². The Balaban J connectivity index is 1.98. The van der Waals surface area contributed by atoms with E-state index in [0.717, 1.165) is 10.0 Å². The van der Waals surface area contributed by atoms with Crippen molar-refractivity contribution in [2.45, 2.75) is 13.5 Å². The predicted molar refractivity (Wildman–Crippen MR) is 87.4 cm³/mol. The fourth-order valence-electron chi connectivity index (χ4n) is 1.81. The van der Waals surface area contributed by atoms with Gasteiger partial charge in [-0.1, -0.05) is 18.3 Å². The lowest BCUT2D eigenvalue weighted by Gasteiger charge is -2.08. The lowest BCUT2D eigenvalue weighted by Crippen LogP contribution is -2.12. The van der Waals surface area contributed by atoms with Crippen molar-refractivity contribution < 1.29 is 0 Å². The number of pyridine rings is 1. The smallest absolute Gasteiger partial charge is 0.228 e. The molecule has 6 nitrogen and oxygen atoms in total. The summed E-state index contributed by atoms with van der Waals surface area (Å²) >= 11 is 8.60. The Labute approximate surface area is 134 Å². The van der Waals surface area contributed by atoms with Crippen molar-refractivity contribution in [1.82, 2.24) is 24.6 Å². The van der Waals surface area contributed by atoms with Crippen LogP contribution < -0.4 is 5.32 Å². The number of rotatable bonds is 4. The number of anilines is 1. The van der Waals surface area contributed by atoms with E-state index in [1.54, 1.807) is 30.0 Å². The van der Waals surface area contributed by atoms with Gasteiger partial charge >= 0.3 is 0 Å². The average Bonchev–Trinajstić information content (AvgIpc) is 2.87. The van der Waals surface area contributed by atoms with Crippen molar-refractivity contribution >= 4 is 44.6 Å². The third kappa shape index (κ3) is 2.91. The highest BCUT2D eigenvalue weighted by molar-refractivity contribution is 9.10. The Bertz CT molecular complexity index is 801. The maximum atomic E-state index is 5.17. The second-order valence-corrected chi connectivity index (χ2v) is 5.84. The van der Waals surface area contributed by atoms with Gasteiger partial charge in [0.15, 0.2) is 11.5 Å². The monoisotopic (exact) mass is 362 g/mol. The van der Waals surface area contributed by atoms with Gasteiger partial charge in [0.05, 0.1) is 15.5 Å². The average molecular weight is 363 g/mol. The van der Waals surface area contributed by atoms with Gasteiger partial charge in [0, 0.05) is 18.9 Å². The van der Waals surface area contributed by atoms with Gasteiger partial charge in [-0.2, -0.15) is 14.6 Å². The number of halogens is 1. The minimum Gasteiger partial charge on any atom is -0.350 e. The second-order valence-electron chi connectivity index (χ2n) is 4.37. The minimum absolute atomic E-state index is 0.521. The molecule has 0 radical (unpaired) electrons. The zero-order valence-corrected chi connectivity index (χ0v) is 13.5. The van der Waals surface area contributed by atoms with Gasteiger partial charge in [-0.25, -0.2) is 4.98 Å². The number of nitrogens with zero attached hydrogens (tertiary/aromatic N) is 5. The Hall–Kier alpha value is -1.93. The molecule has 1 N–H and O–H groups in total. The van der Waals surface area contributed by atoms with E-state index in [2.05, 4.69) is 41.3 Å². The summed E-state index contributed by atoms with van der Waals surface area (Å²) in [4.78, 5) is 13.5. The summed E-state index contributed by atoms with van der Waals surface area (Å²) < 4.78 is 2.44. The minimum atomic E-state index is 0.521. The molecule has 0 atom stereocenters. The summed E-state index contributed by atoms with van der Waals surface area (Å²) in [6, 6.07) is 3.88. The van der Waals surface area contributed by atoms with Crippen LogP contribution in [0.2, 0.25) is 0 Å². The van der Waals surface area contributed by atoms with Crippen LogP contribution >= 0.6 is 28.1 Å². The van der Waals surface area contributed by atoms with Gasteiger partial charge < -0.3 is 5.32 Å². The molecular formula is C13H11BrN6S. The Kier molecular flexibility index (Phi) is 3.89. The van der Waals surface area contributed by atoms with Gasteiger partial charge in [-0.05, 0) is 34.5 Å². The lowest BCUT2D eigenvalue weighted by molar-refractivity contribution is 0.875. The molecule has 0 unspecified atom stereocenters. The van der Waals surface area contributed by atoms with Crippen LogP contribution in [0.15, 0.2) is 35.2 Å². The summed E-state index contributed by atoms with van der Waals surface area (Å²) in [5, 5.41) is 7.50. The first kappa shape index (κ1) is 14.0. The number of hydrogen-bond donors (Lipinski definition) is 1. The van der Waals surface area contributed by atoms with E-state index in [-0.39, 0.29) is 0 Å². The summed E-state index contributed by atoms with van der Waals surface area (Å²) in [5.74, 6) is 1.11. The Morgan fingerprint density at radius 1 is 1.38 bits per heavy atom. The molecule has 106 valence electrons. The SMILES string of the molecule is CC(=S)c1nc(NCc2cccnc2)n2ncc(Br)c2n1. The second kappa shape index (κ2) is 5.82. The van der Waals surface area contributed by atoms with Crippen LogP contribution in [-0.4, -0.2) is 29.4 Å². The maximum absolute atomic E-state index is 5.17. The van der Waals surface area contributed by atoms with Crippen LogP contribution in [0.25, 0.3) is 5.65 Å². The highest BCUT2D eigenvalue weighted by Crippen LogP contribution is 2.19. The quantitative estimate of drug-likeness (QED) is 0.568. The van der Waals surface area contributed by atoms with Crippen molar-refractivity contribution in [3.63, 3.8) is 0 Å². The maximum Gasteiger partial charge on any atom is 0.228 e. The molecule has 21 heavy (non-hydrogen) atoms. The molecule has 3 heterocycles. The first-order valence-corrected chi connectivity index (χ1v) is 7.40. The third-order valence-electron chi connectivity index (χ3n) is 2.81. The molecule has 3 aromatic heterocycles. The van der Waals surface area contributed by atoms with Gasteiger partial charge in [-0.3, -0.25) is 4.98 Å². The van der Waals surface area contributed by atoms with E-state index in [0.29, 0.717) is 28.8 Å². The molecule has 0 aliphatic heterocycles. The normalized spacial score (nSPS) is 10.8. The summed E-state index contributed by atoms with van der Waals surface area (Å²) in [6.45, 7) is 2.39. The first-order valence-electron chi connectivity index (χ1n) is 6.20. The highest BCUT2D eigenvalue weighted by Gasteiger charge is 2.12. The fourth-order valence-corrected chi connectivity index (χ4v) is 2.25. The van der Waals surface area contributed by atoms with Crippen LogP contribution in [0.4, 0.5) is 5.95 Å². The molecule has 0 spiro atoms. The van der Waals surface area contributed by atoms with Gasteiger partial charge in [0.2, 0.25) is 5.95 Å². The van der Waals surface area contributed by atoms with E-state index in [4.69, 9.17) is 12.2 Å². The molecule has 0 aliphatic carbocycles. The van der Waals surface area contributed by atoms with Crippen molar-refractivity contribution in [1.29, 1.82) is 0 Å². The van der Waals surface area contributed by atoms with Gasteiger partial charge in [0.25, 0.3) is 0 Å². The lowest BCUT2D eigenvalue weighted by atomic mass is 10.3. The molecule has 3 aromatic rings. The Morgan fingerprint density at radius 3 is 2.95 bits per heavy atom. The number of nitrogens with one attached hydrogen (secondary N) is 1. The van der Waals surface area contributed by atoms with Crippen LogP contribution in [0.5, 0.6) is 0 Å². The van der Waals surface area contributed by atoms with Crippen molar-refractivity contribution in [2.24, 2.45) is 0 Å². The molecule has 0 amide bonds. The van der Waals surface area contributed by atoms with E-state index in [1.165, 1.54) is 0 Å². The molecule has 0 aromatic carbocycles. The van der Waals surface area contributed by atoms with E-state index < -0.39 is 0 Å². The standard InChI is InChI=1S/C13H11BrN6S/c1-8(21)11-18-12-10(14)7-17-20(12)13(19-11)16-6-9-3-2-4-15-5-9/h2-5,7H,6H2,1H3,(H,16,18,19). The third-order valence-corrected chi connectivity index (χ3v) is 3.56. The molecule has 0 saturated heterocycles.